The van der Waals surface area contributed by atoms with E-state index >= 15 is 0 Å². The third-order valence-electron chi connectivity index (χ3n) is 3.45. The van der Waals surface area contributed by atoms with Crippen molar-refractivity contribution < 1.29 is 4.74 Å². The SMILES string of the molecule is COc1nc(NC2CCN(C)C(C)C2)ncc1Br. The first-order chi connectivity index (χ1) is 8.60. The molecule has 1 aromatic heterocycles. The summed E-state index contributed by atoms with van der Waals surface area (Å²) in [5.74, 6) is 1.20. The van der Waals surface area contributed by atoms with Crippen LogP contribution in [0.15, 0.2) is 10.7 Å². The standard InChI is InChI=1S/C12H19BrN4O/c1-8-6-9(4-5-17(8)2)15-12-14-7-10(13)11(16-12)18-3/h7-9H,4-6H2,1-3H3,(H,14,15,16). The van der Waals surface area contributed by atoms with Gasteiger partial charge in [-0.15, -0.1) is 0 Å². The zero-order valence-corrected chi connectivity index (χ0v) is 12.6. The summed E-state index contributed by atoms with van der Waals surface area (Å²) in [7, 11) is 3.77. The number of hydrogen-bond donors (Lipinski definition) is 1. The van der Waals surface area contributed by atoms with Crippen molar-refractivity contribution in [2.24, 2.45) is 0 Å². The third-order valence-corrected chi connectivity index (χ3v) is 3.99. The average Bonchev–Trinajstić information content (AvgIpc) is 2.36. The van der Waals surface area contributed by atoms with Gasteiger partial charge >= 0.3 is 0 Å². The molecule has 1 aliphatic heterocycles. The Hall–Kier alpha value is -0.880. The minimum Gasteiger partial charge on any atom is -0.480 e. The number of rotatable bonds is 3. The molecule has 100 valence electrons. The van der Waals surface area contributed by atoms with Gasteiger partial charge in [-0.25, -0.2) is 4.98 Å². The summed E-state index contributed by atoms with van der Waals surface area (Å²) in [6.07, 6.45) is 3.94. The van der Waals surface area contributed by atoms with Crippen molar-refractivity contribution in [3.63, 3.8) is 0 Å². The van der Waals surface area contributed by atoms with Crippen LogP contribution in [0, 0.1) is 0 Å². The van der Waals surface area contributed by atoms with Crippen molar-refractivity contribution >= 4 is 21.9 Å². The minimum atomic E-state index is 0.432. The molecule has 6 heteroatoms. The number of nitrogens with one attached hydrogen (secondary N) is 1. The monoisotopic (exact) mass is 314 g/mol. The van der Waals surface area contributed by atoms with Crippen molar-refractivity contribution in [1.29, 1.82) is 0 Å². The summed E-state index contributed by atoms with van der Waals surface area (Å²) < 4.78 is 5.94. The fourth-order valence-electron chi connectivity index (χ4n) is 2.17. The van der Waals surface area contributed by atoms with Gasteiger partial charge in [0.15, 0.2) is 0 Å². The Balaban J connectivity index is 2.01. The molecule has 2 rings (SSSR count). The second-order valence-corrected chi connectivity index (χ2v) is 5.60. The quantitative estimate of drug-likeness (QED) is 0.926. The molecule has 18 heavy (non-hydrogen) atoms. The van der Waals surface area contributed by atoms with Crippen LogP contribution >= 0.6 is 15.9 Å². The van der Waals surface area contributed by atoms with Crippen molar-refractivity contribution in [2.75, 3.05) is 26.0 Å². The molecule has 0 amide bonds. The van der Waals surface area contributed by atoms with Crippen LogP contribution in [0.4, 0.5) is 5.95 Å². The largest absolute Gasteiger partial charge is 0.480 e. The van der Waals surface area contributed by atoms with E-state index in [1.165, 1.54) is 0 Å². The number of methoxy groups -OCH3 is 1. The van der Waals surface area contributed by atoms with E-state index in [2.05, 4.69) is 50.1 Å². The Morgan fingerprint density at radius 1 is 1.56 bits per heavy atom. The Morgan fingerprint density at radius 3 is 3.00 bits per heavy atom. The fourth-order valence-corrected chi connectivity index (χ4v) is 2.52. The lowest BCUT2D eigenvalue weighted by molar-refractivity contribution is 0.189. The van der Waals surface area contributed by atoms with E-state index in [1.807, 2.05) is 0 Å². The molecule has 1 N–H and O–H groups in total. The molecule has 1 aliphatic rings. The number of anilines is 1. The van der Waals surface area contributed by atoms with Crippen molar-refractivity contribution in [1.82, 2.24) is 14.9 Å². The van der Waals surface area contributed by atoms with Crippen molar-refractivity contribution in [2.45, 2.75) is 31.8 Å². The average molecular weight is 315 g/mol. The molecule has 0 saturated carbocycles. The highest BCUT2D eigenvalue weighted by molar-refractivity contribution is 9.10. The second kappa shape index (κ2) is 5.84. The van der Waals surface area contributed by atoms with Crippen molar-refractivity contribution in [3.05, 3.63) is 10.7 Å². The van der Waals surface area contributed by atoms with Crippen LogP contribution in [0.2, 0.25) is 0 Å². The first kappa shape index (κ1) is 13.5. The summed E-state index contributed by atoms with van der Waals surface area (Å²) >= 11 is 3.35. The summed E-state index contributed by atoms with van der Waals surface area (Å²) in [6, 6.07) is 1.02. The van der Waals surface area contributed by atoms with Gasteiger partial charge in [-0.3, -0.25) is 0 Å². The van der Waals surface area contributed by atoms with Crippen LogP contribution in [0.3, 0.4) is 0 Å². The highest BCUT2D eigenvalue weighted by Crippen LogP contribution is 2.23. The maximum Gasteiger partial charge on any atom is 0.232 e. The van der Waals surface area contributed by atoms with Gasteiger partial charge in [0, 0.05) is 18.6 Å². The summed E-state index contributed by atoms with van der Waals surface area (Å²) in [4.78, 5) is 11.0. The number of aromatic nitrogens is 2. The number of likely N-dealkylation sites (tertiary alicyclic amines) is 1. The van der Waals surface area contributed by atoms with E-state index in [0.717, 1.165) is 23.9 Å². The molecular formula is C12H19BrN4O. The van der Waals surface area contributed by atoms with Gasteiger partial charge in [0.05, 0.1) is 17.8 Å². The first-order valence-electron chi connectivity index (χ1n) is 6.13. The van der Waals surface area contributed by atoms with E-state index in [-0.39, 0.29) is 0 Å². The number of piperidine rings is 1. The molecule has 0 spiro atoms. The molecular weight excluding hydrogens is 296 g/mol. The normalized spacial score (nSPS) is 24.9. The molecule has 2 unspecified atom stereocenters. The highest BCUT2D eigenvalue weighted by Gasteiger charge is 2.23. The minimum absolute atomic E-state index is 0.432. The molecule has 2 heterocycles. The first-order valence-corrected chi connectivity index (χ1v) is 6.92. The predicted octanol–water partition coefficient (Wildman–Crippen LogP) is 2.14. The molecule has 0 aliphatic carbocycles. The van der Waals surface area contributed by atoms with E-state index in [9.17, 15) is 0 Å². The lowest BCUT2D eigenvalue weighted by atomic mass is 9.99. The smallest absolute Gasteiger partial charge is 0.232 e. The van der Waals surface area contributed by atoms with Crippen LogP contribution < -0.4 is 10.1 Å². The highest BCUT2D eigenvalue weighted by atomic mass is 79.9. The lowest BCUT2D eigenvalue weighted by Gasteiger charge is -2.35. The van der Waals surface area contributed by atoms with Gasteiger partial charge in [0.25, 0.3) is 0 Å². The molecule has 0 aromatic carbocycles. The Bertz CT molecular complexity index is 415. The maximum absolute atomic E-state index is 5.17. The van der Waals surface area contributed by atoms with E-state index in [4.69, 9.17) is 4.74 Å². The van der Waals surface area contributed by atoms with Crippen LogP contribution in [0.25, 0.3) is 0 Å². The number of ether oxygens (including phenoxy) is 1. The molecule has 1 aromatic rings. The number of halogens is 1. The predicted molar refractivity (Wildman–Crippen MR) is 75.0 cm³/mol. The van der Waals surface area contributed by atoms with Gasteiger partial charge in [0.1, 0.15) is 0 Å². The van der Waals surface area contributed by atoms with Gasteiger partial charge in [0.2, 0.25) is 11.8 Å². The fraction of sp³-hybridized carbons (Fsp3) is 0.667. The Kier molecular flexibility index (Phi) is 4.40. The summed E-state index contributed by atoms with van der Waals surface area (Å²) in [5.41, 5.74) is 0. The van der Waals surface area contributed by atoms with Gasteiger partial charge in [-0.2, -0.15) is 4.98 Å². The van der Waals surface area contributed by atoms with E-state index < -0.39 is 0 Å². The van der Waals surface area contributed by atoms with Crippen LogP contribution in [0.1, 0.15) is 19.8 Å². The summed E-state index contributed by atoms with van der Waals surface area (Å²) in [6.45, 7) is 3.35. The Morgan fingerprint density at radius 2 is 2.33 bits per heavy atom. The van der Waals surface area contributed by atoms with E-state index in [1.54, 1.807) is 13.3 Å². The maximum atomic E-state index is 5.17. The van der Waals surface area contributed by atoms with Crippen LogP contribution in [-0.4, -0.2) is 47.7 Å². The van der Waals surface area contributed by atoms with Crippen LogP contribution in [-0.2, 0) is 0 Å². The molecule has 2 atom stereocenters. The zero-order valence-electron chi connectivity index (χ0n) is 11.0. The molecule has 0 radical (unpaired) electrons. The lowest BCUT2D eigenvalue weighted by Crippen LogP contribution is -2.42. The number of hydrogen-bond acceptors (Lipinski definition) is 5. The van der Waals surface area contributed by atoms with E-state index in [0.29, 0.717) is 23.9 Å². The van der Waals surface area contributed by atoms with Gasteiger partial charge in [-0.1, -0.05) is 0 Å². The molecule has 0 bridgehead atoms. The second-order valence-electron chi connectivity index (χ2n) is 4.75. The molecule has 1 fully saturated rings. The summed E-state index contributed by atoms with van der Waals surface area (Å²) in [5, 5.41) is 3.38. The third kappa shape index (κ3) is 3.11. The topological polar surface area (TPSA) is 50.3 Å². The van der Waals surface area contributed by atoms with Crippen molar-refractivity contribution in [3.8, 4) is 5.88 Å². The van der Waals surface area contributed by atoms with Crippen LogP contribution in [0.5, 0.6) is 5.88 Å². The molecule has 1 saturated heterocycles. The molecule has 5 nitrogen and oxygen atoms in total. The zero-order chi connectivity index (χ0) is 13.1. The Labute approximate surface area is 116 Å². The van der Waals surface area contributed by atoms with Gasteiger partial charge < -0.3 is 15.0 Å². The number of nitrogens with zero attached hydrogens (tertiary/aromatic N) is 3. The van der Waals surface area contributed by atoms with Gasteiger partial charge in [-0.05, 0) is 42.7 Å².